The lowest BCUT2D eigenvalue weighted by Gasteiger charge is -2.20. The summed E-state index contributed by atoms with van der Waals surface area (Å²) < 4.78 is 5.20. The van der Waals surface area contributed by atoms with Gasteiger partial charge in [-0.2, -0.15) is 0 Å². The molecule has 0 unspecified atom stereocenters. The SMILES string of the molecule is CC(C)(C)C(=O)COC(=O)c1ccccc1SCC(=O)Nc1ccccc1N1CCCC1=O. The molecule has 0 spiro atoms. The second-order valence-electron chi connectivity index (χ2n) is 8.75. The molecule has 0 radical (unpaired) electrons. The summed E-state index contributed by atoms with van der Waals surface area (Å²) in [6, 6.07) is 14.0. The number of amides is 2. The van der Waals surface area contributed by atoms with Crippen LogP contribution in [0.3, 0.4) is 0 Å². The van der Waals surface area contributed by atoms with Gasteiger partial charge >= 0.3 is 5.97 Å². The summed E-state index contributed by atoms with van der Waals surface area (Å²) >= 11 is 1.20. The van der Waals surface area contributed by atoms with Gasteiger partial charge in [-0.05, 0) is 30.7 Å². The quantitative estimate of drug-likeness (QED) is 0.458. The van der Waals surface area contributed by atoms with Crippen LogP contribution in [-0.2, 0) is 19.1 Å². The van der Waals surface area contributed by atoms with Crippen molar-refractivity contribution in [2.75, 3.05) is 29.1 Å². The van der Waals surface area contributed by atoms with Gasteiger partial charge in [-0.15, -0.1) is 11.8 Å². The van der Waals surface area contributed by atoms with Crippen LogP contribution in [0.25, 0.3) is 0 Å². The van der Waals surface area contributed by atoms with Crippen LogP contribution in [-0.4, -0.2) is 42.5 Å². The second kappa shape index (κ2) is 10.7. The number of ether oxygens (including phenoxy) is 1. The molecule has 1 aliphatic heterocycles. The number of ketones is 1. The zero-order valence-electron chi connectivity index (χ0n) is 19.1. The zero-order chi connectivity index (χ0) is 24.0. The summed E-state index contributed by atoms with van der Waals surface area (Å²) in [4.78, 5) is 51.6. The number of benzene rings is 2. The first-order valence-corrected chi connectivity index (χ1v) is 11.8. The van der Waals surface area contributed by atoms with E-state index in [0.717, 1.165) is 6.42 Å². The smallest absolute Gasteiger partial charge is 0.339 e. The molecule has 8 heteroatoms. The van der Waals surface area contributed by atoms with Gasteiger partial charge in [0.25, 0.3) is 0 Å². The number of esters is 1. The van der Waals surface area contributed by atoms with Gasteiger partial charge in [0.2, 0.25) is 11.8 Å². The molecule has 33 heavy (non-hydrogen) atoms. The van der Waals surface area contributed by atoms with E-state index >= 15 is 0 Å². The first-order valence-electron chi connectivity index (χ1n) is 10.8. The van der Waals surface area contributed by atoms with Gasteiger partial charge in [-0.1, -0.05) is 45.0 Å². The van der Waals surface area contributed by atoms with E-state index in [-0.39, 0.29) is 30.0 Å². The molecular weight excluding hydrogens is 440 g/mol. The Bertz CT molecular complexity index is 1060. The molecule has 1 saturated heterocycles. The second-order valence-corrected chi connectivity index (χ2v) is 9.77. The molecule has 3 rings (SSSR count). The molecule has 1 aliphatic rings. The van der Waals surface area contributed by atoms with Crippen LogP contribution < -0.4 is 10.2 Å². The summed E-state index contributed by atoms with van der Waals surface area (Å²) in [7, 11) is 0. The Balaban J connectivity index is 1.62. The predicted molar refractivity (Wildman–Crippen MR) is 129 cm³/mol. The van der Waals surface area contributed by atoms with Crippen molar-refractivity contribution in [3.8, 4) is 0 Å². The number of thioether (sulfide) groups is 1. The van der Waals surface area contributed by atoms with Gasteiger partial charge < -0.3 is 15.0 Å². The van der Waals surface area contributed by atoms with E-state index in [1.54, 1.807) is 62.1 Å². The normalized spacial score (nSPS) is 13.7. The number of carbonyl (C=O) groups is 4. The molecule has 0 aromatic heterocycles. The number of hydrogen-bond acceptors (Lipinski definition) is 6. The fourth-order valence-corrected chi connectivity index (χ4v) is 4.07. The maximum absolute atomic E-state index is 12.6. The Labute approximate surface area is 197 Å². The highest BCUT2D eigenvalue weighted by Gasteiger charge is 2.25. The van der Waals surface area contributed by atoms with Crippen LogP contribution in [0.15, 0.2) is 53.4 Å². The standard InChI is InChI=1S/C25H28N2O5S/c1-25(2,3)21(28)15-32-24(31)17-9-4-7-12-20(17)33-16-22(29)26-18-10-5-6-11-19(18)27-14-8-13-23(27)30/h4-7,9-12H,8,13-16H2,1-3H3,(H,26,29). The number of anilines is 2. The Morgan fingerprint density at radius 3 is 2.45 bits per heavy atom. The van der Waals surface area contributed by atoms with Crippen molar-refractivity contribution < 1.29 is 23.9 Å². The molecule has 0 atom stereocenters. The van der Waals surface area contributed by atoms with E-state index in [1.165, 1.54) is 11.8 Å². The summed E-state index contributed by atoms with van der Waals surface area (Å²) in [6.45, 7) is 5.64. The van der Waals surface area contributed by atoms with E-state index in [1.807, 2.05) is 12.1 Å². The lowest BCUT2D eigenvalue weighted by Crippen LogP contribution is -2.26. The third kappa shape index (κ3) is 6.44. The molecule has 2 aromatic rings. The summed E-state index contributed by atoms with van der Waals surface area (Å²) in [5.41, 5.74) is 0.973. The number of carbonyl (C=O) groups excluding carboxylic acids is 4. The van der Waals surface area contributed by atoms with E-state index in [4.69, 9.17) is 4.74 Å². The average Bonchev–Trinajstić information content (AvgIpc) is 3.21. The van der Waals surface area contributed by atoms with Crippen LogP contribution in [0.2, 0.25) is 0 Å². The fraction of sp³-hybridized carbons (Fsp3) is 0.360. The Kier molecular flexibility index (Phi) is 7.92. The number of para-hydroxylation sites is 2. The van der Waals surface area contributed by atoms with E-state index in [2.05, 4.69) is 5.32 Å². The number of Topliss-reactive ketones (excluding diaryl/α,β-unsaturated/α-hetero) is 1. The minimum absolute atomic E-state index is 0.0449. The highest BCUT2D eigenvalue weighted by molar-refractivity contribution is 8.00. The van der Waals surface area contributed by atoms with Gasteiger partial charge in [0.15, 0.2) is 12.4 Å². The van der Waals surface area contributed by atoms with Crippen molar-refractivity contribution in [1.29, 1.82) is 0 Å². The van der Waals surface area contributed by atoms with Gasteiger partial charge in [0, 0.05) is 23.3 Å². The molecular formula is C25H28N2O5S. The lowest BCUT2D eigenvalue weighted by atomic mass is 9.91. The van der Waals surface area contributed by atoms with Gasteiger partial charge in [-0.3, -0.25) is 14.4 Å². The maximum atomic E-state index is 12.6. The first-order chi connectivity index (χ1) is 15.7. The molecule has 0 saturated carbocycles. The summed E-state index contributed by atoms with van der Waals surface area (Å²) in [5, 5.41) is 2.87. The highest BCUT2D eigenvalue weighted by Crippen LogP contribution is 2.30. The molecule has 1 fully saturated rings. The Hall–Kier alpha value is -3.13. The number of nitrogens with one attached hydrogen (secondary N) is 1. The average molecular weight is 469 g/mol. The molecule has 174 valence electrons. The predicted octanol–water partition coefficient (Wildman–Crippen LogP) is 4.32. The first kappa shape index (κ1) is 24.5. The van der Waals surface area contributed by atoms with Gasteiger partial charge in [0.1, 0.15) is 0 Å². The van der Waals surface area contributed by atoms with Crippen molar-refractivity contribution in [2.45, 2.75) is 38.5 Å². The van der Waals surface area contributed by atoms with E-state index < -0.39 is 11.4 Å². The highest BCUT2D eigenvalue weighted by atomic mass is 32.2. The Morgan fingerprint density at radius 1 is 1.06 bits per heavy atom. The van der Waals surface area contributed by atoms with Crippen molar-refractivity contribution in [3.05, 3.63) is 54.1 Å². The van der Waals surface area contributed by atoms with Gasteiger partial charge in [-0.25, -0.2) is 4.79 Å². The monoisotopic (exact) mass is 468 g/mol. The third-order valence-electron chi connectivity index (χ3n) is 5.18. The molecule has 1 N–H and O–H groups in total. The molecule has 1 heterocycles. The zero-order valence-corrected chi connectivity index (χ0v) is 19.9. The van der Waals surface area contributed by atoms with E-state index in [0.29, 0.717) is 34.8 Å². The molecule has 7 nitrogen and oxygen atoms in total. The van der Waals surface area contributed by atoms with Gasteiger partial charge in [0.05, 0.1) is 22.7 Å². The fourth-order valence-electron chi connectivity index (χ4n) is 3.23. The molecule has 2 amide bonds. The van der Waals surface area contributed by atoms with Crippen LogP contribution in [0.5, 0.6) is 0 Å². The number of hydrogen-bond donors (Lipinski definition) is 1. The van der Waals surface area contributed by atoms with Crippen LogP contribution >= 0.6 is 11.8 Å². The van der Waals surface area contributed by atoms with Crippen molar-refractivity contribution >= 4 is 46.7 Å². The van der Waals surface area contributed by atoms with Crippen LogP contribution in [0.1, 0.15) is 44.0 Å². The summed E-state index contributed by atoms with van der Waals surface area (Å²) in [6.07, 6.45) is 1.30. The van der Waals surface area contributed by atoms with Crippen LogP contribution in [0.4, 0.5) is 11.4 Å². The largest absolute Gasteiger partial charge is 0.454 e. The molecule has 0 bridgehead atoms. The van der Waals surface area contributed by atoms with Crippen molar-refractivity contribution in [2.24, 2.45) is 5.41 Å². The topological polar surface area (TPSA) is 92.8 Å². The summed E-state index contributed by atoms with van der Waals surface area (Å²) in [5.74, 6) is -0.925. The molecule has 2 aromatic carbocycles. The van der Waals surface area contributed by atoms with Crippen molar-refractivity contribution in [1.82, 2.24) is 0 Å². The van der Waals surface area contributed by atoms with Crippen LogP contribution in [0, 0.1) is 5.41 Å². The minimum Gasteiger partial charge on any atom is -0.454 e. The lowest BCUT2D eigenvalue weighted by molar-refractivity contribution is -0.129. The maximum Gasteiger partial charge on any atom is 0.339 e. The Morgan fingerprint density at radius 2 is 1.76 bits per heavy atom. The third-order valence-corrected chi connectivity index (χ3v) is 6.25. The number of rotatable bonds is 8. The minimum atomic E-state index is -0.603. The van der Waals surface area contributed by atoms with Crippen molar-refractivity contribution in [3.63, 3.8) is 0 Å². The molecule has 0 aliphatic carbocycles. The number of nitrogens with zero attached hydrogens (tertiary/aromatic N) is 1. The van der Waals surface area contributed by atoms with E-state index in [9.17, 15) is 19.2 Å².